The van der Waals surface area contributed by atoms with E-state index in [2.05, 4.69) is 10.3 Å². The van der Waals surface area contributed by atoms with Crippen LogP contribution in [0.2, 0.25) is 0 Å². The molecule has 0 bridgehead atoms. The summed E-state index contributed by atoms with van der Waals surface area (Å²) < 4.78 is 54.2. The van der Waals surface area contributed by atoms with Gasteiger partial charge in [-0.25, -0.2) is 14.2 Å². The number of amides is 1. The van der Waals surface area contributed by atoms with Crippen molar-refractivity contribution >= 4 is 22.9 Å². The summed E-state index contributed by atoms with van der Waals surface area (Å²) in [7, 11) is 0. The van der Waals surface area contributed by atoms with Crippen LogP contribution in [0.3, 0.4) is 0 Å². The molecule has 0 spiro atoms. The molecule has 5 rings (SSSR count). The van der Waals surface area contributed by atoms with Crippen LogP contribution in [0, 0.1) is 5.82 Å². The van der Waals surface area contributed by atoms with E-state index in [1.165, 1.54) is 42.7 Å². The Kier molecular flexibility index (Phi) is 7.08. The number of benzene rings is 4. The lowest BCUT2D eigenvalue weighted by molar-refractivity contribution is -0.137. The number of halogens is 4. The van der Waals surface area contributed by atoms with Crippen molar-refractivity contribution in [3.63, 3.8) is 0 Å². The number of carboxylic acids is 1. The number of imidazole rings is 1. The van der Waals surface area contributed by atoms with Crippen molar-refractivity contribution in [3.8, 4) is 11.1 Å². The largest absolute Gasteiger partial charge is 0.478 e. The zero-order valence-electron chi connectivity index (χ0n) is 20.7. The van der Waals surface area contributed by atoms with Crippen molar-refractivity contribution in [3.05, 3.63) is 125 Å². The number of aromatic carboxylic acids is 1. The predicted molar refractivity (Wildman–Crippen MR) is 140 cm³/mol. The van der Waals surface area contributed by atoms with E-state index in [1.54, 1.807) is 41.0 Å². The van der Waals surface area contributed by atoms with E-state index < -0.39 is 29.4 Å². The first-order valence-electron chi connectivity index (χ1n) is 12.1. The lowest BCUT2D eigenvalue weighted by Gasteiger charge is -2.13. The Morgan fingerprint density at radius 2 is 1.50 bits per heavy atom. The summed E-state index contributed by atoms with van der Waals surface area (Å²) in [5.41, 5.74) is 3.14. The first-order valence-corrected chi connectivity index (χ1v) is 12.1. The van der Waals surface area contributed by atoms with Gasteiger partial charge in [-0.1, -0.05) is 36.4 Å². The molecule has 0 aliphatic heterocycles. The molecule has 0 unspecified atom stereocenters. The number of aromatic nitrogens is 2. The summed E-state index contributed by atoms with van der Waals surface area (Å²) in [5, 5.41) is 11.9. The maximum Gasteiger partial charge on any atom is 0.416 e. The molecule has 2 N–H and O–H groups in total. The standard InChI is InChI=1S/C30H21F4N3O3/c31-24-11-7-20(8-12-24)22-13-25(28(38)35-15-18-1-5-21(6-2-18)29(39)40)27-26(14-22)36-17-37(27)16-19-3-9-23(10-4-19)30(32,33)34/h1-14,17H,15-16H2,(H,35,38)(H,39,40). The highest BCUT2D eigenvalue weighted by molar-refractivity contribution is 6.06. The minimum absolute atomic E-state index is 0.119. The van der Waals surface area contributed by atoms with Crippen LogP contribution in [-0.4, -0.2) is 26.5 Å². The summed E-state index contributed by atoms with van der Waals surface area (Å²) in [6.45, 7) is 0.287. The number of fused-ring (bicyclic) bond motifs is 1. The van der Waals surface area contributed by atoms with E-state index in [4.69, 9.17) is 5.11 Å². The number of hydrogen-bond acceptors (Lipinski definition) is 3. The number of carbonyl (C=O) groups excluding carboxylic acids is 1. The van der Waals surface area contributed by atoms with Crippen LogP contribution < -0.4 is 5.32 Å². The number of alkyl halides is 3. The summed E-state index contributed by atoms with van der Waals surface area (Å²) >= 11 is 0. The number of hydrogen-bond donors (Lipinski definition) is 2. The molecular formula is C30H21F4N3O3. The average molecular weight is 548 g/mol. The molecule has 202 valence electrons. The van der Waals surface area contributed by atoms with Crippen LogP contribution in [0.1, 0.15) is 37.4 Å². The Balaban J connectivity index is 1.50. The van der Waals surface area contributed by atoms with Crippen LogP contribution >= 0.6 is 0 Å². The first-order chi connectivity index (χ1) is 19.1. The summed E-state index contributed by atoms with van der Waals surface area (Å²) in [4.78, 5) is 29.0. The second-order valence-corrected chi connectivity index (χ2v) is 9.15. The van der Waals surface area contributed by atoms with Gasteiger partial charge < -0.3 is 15.0 Å². The van der Waals surface area contributed by atoms with Gasteiger partial charge in [-0.05, 0) is 70.8 Å². The molecule has 0 saturated heterocycles. The number of rotatable bonds is 7. The van der Waals surface area contributed by atoms with Crippen molar-refractivity contribution in [1.82, 2.24) is 14.9 Å². The fraction of sp³-hybridized carbons (Fsp3) is 0.100. The summed E-state index contributed by atoms with van der Waals surface area (Å²) in [6.07, 6.45) is -2.94. The predicted octanol–water partition coefficient (Wildman–Crippen LogP) is 6.54. The summed E-state index contributed by atoms with van der Waals surface area (Å²) in [6, 6.07) is 20.0. The number of nitrogens with one attached hydrogen (secondary N) is 1. The van der Waals surface area contributed by atoms with E-state index in [0.29, 0.717) is 33.3 Å². The van der Waals surface area contributed by atoms with Crippen LogP contribution in [0.4, 0.5) is 17.6 Å². The number of nitrogens with zero attached hydrogens (tertiary/aromatic N) is 2. The Labute approximate surface area is 225 Å². The third-order valence-electron chi connectivity index (χ3n) is 6.42. The molecule has 0 aliphatic carbocycles. The smallest absolute Gasteiger partial charge is 0.416 e. The van der Waals surface area contributed by atoms with Gasteiger partial charge in [0.1, 0.15) is 5.82 Å². The molecule has 10 heteroatoms. The van der Waals surface area contributed by atoms with Crippen LogP contribution in [0.25, 0.3) is 22.2 Å². The third-order valence-corrected chi connectivity index (χ3v) is 6.42. The highest BCUT2D eigenvalue weighted by Gasteiger charge is 2.30. The fourth-order valence-electron chi connectivity index (χ4n) is 4.35. The first kappa shape index (κ1) is 26.6. The van der Waals surface area contributed by atoms with Crippen molar-refractivity contribution < 1.29 is 32.3 Å². The van der Waals surface area contributed by atoms with Crippen molar-refractivity contribution in [2.75, 3.05) is 0 Å². The summed E-state index contributed by atoms with van der Waals surface area (Å²) in [5.74, 6) is -1.90. The van der Waals surface area contributed by atoms with E-state index in [0.717, 1.165) is 12.1 Å². The second kappa shape index (κ2) is 10.6. The van der Waals surface area contributed by atoms with E-state index in [9.17, 15) is 27.2 Å². The molecule has 5 aromatic rings. The fourth-order valence-corrected chi connectivity index (χ4v) is 4.35. The Morgan fingerprint density at radius 1 is 0.850 bits per heavy atom. The zero-order chi connectivity index (χ0) is 28.4. The van der Waals surface area contributed by atoms with E-state index in [-0.39, 0.29) is 24.2 Å². The van der Waals surface area contributed by atoms with E-state index in [1.807, 2.05) is 0 Å². The molecule has 0 atom stereocenters. The highest BCUT2D eigenvalue weighted by Crippen LogP contribution is 2.31. The van der Waals surface area contributed by atoms with Gasteiger partial charge in [0.05, 0.1) is 34.1 Å². The maximum absolute atomic E-state index is 13.5. The maximum atomic E-state index is 13.5. The normalized spacial score (nSPS) is 11.5. The molecule has 1 aromatic heterocycles. The average Bonchev–Trinajstić information content (AvgIpc) is 3.34. The quantitative estimate of drug-likeness (QED) is 0.227. The number of carbonyl (C=O) groups is 2. The van der Waals surface area contributed by atoms with Gasteiger partial charge in [0.2, 0.25) is 0 Å². The van der Waals surface area contributed by atoms with Crippen LogP contribution in [0.15, 0.2) is 91.3 Å². The molecule has 40 heavy (non-hydrogen) atoms. The van der Waals surface area contributed by atoms with Crippen molar-refractivity contribution in [2.45, 2.75) is 19.3 Å². The molecule has 0 radical (unpaired) electrons. The van der Waals surface area contributed by atoms with Gasteiger partial charge in [0.15, 0.2) is 0 Å². The monoisotopic (exact) mass is 547 g/mol. The molecule has 0 saturated carbocycles. The Hall–Kier alpha value is -4.99. The molecule has 0 fully saturated rings. The van der Waals surface area contributed by atoms with Crippen molar-refractivity contribution in [2.24, 2.45) is 0 Å². The van der Waals surface area contributed by atoms with Crippen LogP contribution in [0.5, 0.6) is 0 Å². The topological polar surface area (TPSA) is 84.2 Å². The second-order valence-electron chi connectivity index (χ2n) is 9.15. The van der Waals surface area contributed by atoms with Gasteiger partial charge in [-0.15, -0.1) is 0 Å². The molecule has 1 amide bonds. The molecule has 4 aromatic carbocycles. The number of carboxylic acid groups (broad SMARTS) is 1. The Bertz CT molecular complexity index is 1690. The molecular weight excluding hydrogens is 526 g/mol. The van der Waals surface area contributed by atoms with E-state index >= 15 is 0 Å². The van der Waals surface area contributed by atoms with Gasteiger partial charge in [-0.3, -0.25) is 4.79 Å². The lowest BCUT2D eigenvalue weighted by Crippen LogP contribution is -2.23. The molecule has 6 nitrogen and oxygen atoms in total. The van der Waals surface area contributed by atoms with Gasteiger partial charge >= 0.3 is 12.1 Å². The molecule has 0 aliphatic rings. The van der Waals surface area contributed by atoms with Crippen LogP contribution in [-0.2, 0) is 19.3 Å². The zero-order valence-corrected chi connectivity index (χ0v) is 20.7. The van der Waals surface area contributed by atoms with Gasteiger partial charge in [0, 0.05) is 13.1 Å². The highest BCUT2D eigenvalue weighted by atomic mass is 19.4. The van der Waals surface area contributed by atoms with Crippen molar-refractivity contribution in [1.29, 1.82) is 0 Å². The minimum Gasteiger partial charge on any atom is -0.478 e. The van der Waals surface area contributed by atoms with Gasteiger partial charge in [0.25, 0.3) is 5.91 Å². The van der Waals surface area contributed by atoms with Gasteiger partial charge in [-0.2, -0.15) is 13.2 Å². The third kappa shape index (κ3) is 5.70. The minimum atomic E-state index is -4.45. The molecule has 1 heterocycles. The SMILES string of the molecule is O=C(O)c1ccc(CNC(=O)c2cc(-c3ccc(F)cc3)cc3ncn(Cc4ccc(C(F)(F)F)cc4)c23)cc1. The lowest BCUT2D eigenvalue weighted by atomic mass is 10.0. The Morgan fingerprint density at radius 3 is 2.12 bits per heavy atom.